The van der Waals surface area contributed by atoms with Gasteiger partial charge in [-0.05, 0) is 60.7 Å². The van der Waals surface area contributed by atoms with Gasteiger partial charge >= 0.3 is 6.03 Å². The number of benzene rings is 4. The largest absolute Gasteiger partial charge is 0.497 e. The summed E-state index contributed by atoms with van der Waals surface area (Å²) in [4.78, 5) is 15.8. The Morgan fingerprint density at radius 3 is 2.17 bits per heavy atom. The number of amides is 2. The fourth-order valence-corrected chi connectivity index (χ4v) is 4.34. The van der Waals surface area contributed by atoms with Crippen LogP contribution in [0.1, 0.15) is 33.9 Å². The Morgan fingerprint density at radius 2 is 1.51 bits per heavy atom. The minimum atomic E-state index is -0.196. The molecule has 0 spiro atoms. The summed E-state index contributed by atoms with van der Waals surface area (Å²) in [6.07, 6.45) is 0.682. The van der Waals surface area contributed by atoms with Gasteiger partial charge < -0.3 is 15.0 Å². The molecule has 0 aliphatic carbocycles. The van der Waals surface area contributed by atoms with Crippen molar-refractivity contribution < 1.29 is 9.53 Å². The van der Waals surface area contributed by atoms with Gasteiger partial charge in [0.2, 0.25) is 0 Å². The van der Waals surface area contributed by atoms with Crippen LogP contribution in [0.2, 0.25) is 0 Å². The van der Waals surface area contributed by atoms with Crippen molar-refractivity contribution in [3.8, 4) is 5.75 Å². The number of nitrogens with one attached hydrogen (secondary N) is 1. The summed E-state index contributed by atoms with van der Waals surface area (Å²) in [7, 11) is 1.67. The van der Waals surface area contributed by atoms with Crippen molar-refractivity contribution in [2.24, 2.45) is 0 Å². The van der Waals surface area contributed by atoms with Crippen molar-refractivity contribution in [2.75, 3.05) is 12.4 Å². The molecule has 4 aromatic carbocycles. The molecule has 0 saturated carbocycles. The first-order valence-corrected chi connectivity index (χ1v) is 11.9. The number of ether oxygens (including phenoxy) is 1. The van der Waals surface area contributed by atoms with E-state index in [0.717, 1.165) is 33.7 Å². The first kappa shape index (κ1) is 24.1. The Labute approximate surface area is 208 Å². The van der Waals surface area contributed by atoms with E-state index >= 15 is 0 Å². The molecule has 0 aliphatic rings. The molecule has 1 atom stereocenters. The molecule has 0 aromatic heterocycles. The van der Waals surface area contributed by atoms with Crippen molar-refractivity contribution in [1.82, 2.24) is 4.90 Å². The highest BCUT2D eigenvalue weighted by atomic mass is 16.5. The van der Waals surface area contributed by atoms with Crippen LogP contribution < -0.4 is 10.1 Å². The Hall–Kier alpha value is -4.05. The monoisotopic (exact) mass is 464 g/mol. The second-order valence-corrected chi connectivity index (χ2v) is 8.84. The number of aryl methyl sites for hydroxylation is 2. The standard InChI is InChI=1S/C31H32N2O2/c1-23-17-18-29(24(2)19-23)32-31(34)33(22-26-13-8-5-9-14-26)30(20-25-11-6-4-7-12-25)27-15-10-16-28(21-27)35-3/h4-19,21,30H,20,22H2,1-3H3,(H,32,34). The fraction of sp³-hybridized carbons (Fsp3) is 0.194. The van der Waals surface area contributed by atoms with Gasteiger partial charge in [0.1, 0.15) is 5.75 Å². The van der Waals surface area contributed by atoms with Crippen LogP contribution in [0.15, 0.2) is 103 Å². The highest BCUT2D eigenvalue weighted by Gasteiger charge is 2.27. The molecule has 1 unspecified atom stereocenters. The molecule has 0 saturated heterocycles. The summed E-state index contributed by atoms with van der Waals surface area (Å²) in [5, 5.41) is 3.18. The van der Waals surface area contributed by atoms with Crippen LogP contribution in [-0.4, -0.2) is 18.0 Å². The molecule has 1 N–H and O–H groups in total. The van der Waals surface area contributed by atoms with E-state index in [1.54, 1.807) is 7.11 Å². The number of hydrogen-bond acceptors (Lipinski definition) is 2. The van der Waals surface area contributed by atoms with E-state index in [9.17, 15) is 4.79 Å². The second-order valence-electron chi connectivity index (χ2n) is 8.84. The van der Waals surface area contributed by atoms with E-state index in [2.05, 4.69) is 48.6 Å². The minimum absolute atomic E-state index is 0.135. The summed E-state index contributed by atoms with van der Waals surface area (Å²) in [5.41, 5.74) is 6.29. The van der Waals surface area contributed by atoms with Crippen LogP contribution >= 0.6 is 0 Å². The van der Waals surface area contributed by atoms with Gasteiger partial charge in [-0.25, -0.2) is 4.79 Å². The lowest BCUT2D eigenvalue weighted by Gasteiger charge is -2.33. The maximum absolute atomic E-state index is 13.9. The van der Waals surface area contributed by atoms with Gasteiger partial charge in [0.25, 0.3) is 0 Å². The number of carbonyl (C=O) groups is 1. The zero-order chi connectivity index (χ0) is 24.6. The Balaban J connectivity index is 1.75. The third kappa shape index (κ3) is 6.30. The predicted octanol–water partition coefficient (Wildman–Crippen LogP) is 7.33. The maximum atomic E-state index is 13.9. The first-order chi connectivity index (χ1) is 17.0. The zero-order valence-corrected chi connectivity index (χ0v) is 20.6. The average Bonchev–Trinajstić information content (AvgIpc) is 2.89. The molecule has 4 rings (SSSR count). The number of rotatable bonds is 8. The zero-order valence-electron chi connectivity index (χ0n) is 20.6. The van der Waals surface area contributed by atoms with E-state index < -0.39 is 0 Å². The van der Waals surface area contributed by atoms with E-state index in [1.165, 1.54) is 5.56 Å². The van der Waals surface area contributed by atoms with Gasteiger partial charge in [-0.1, -0.05) is 90.5 Å². The van der Waals surface area contributed by atoms with Gasteiger partial charge in [0, 0.05) is 12.2 Å². The highest BCUT2D eigenvalue weighted by Crippen LogP contribution is 2.30. The van der Waals surface area contributed by atoms with Crippen molar-refractivity contribution >= 4 is 11.7 Å². The average molecular weight is 465 g/mol. The van der Waals surface area contributed by atoms with E-state index in [-0.39, 0.29) is 12.1 Å². The summed E-state index contributed by atoms with van der Waals surface area (Å²) in [6, 6.07) is 34.2. The normalized spacial score (nSPS) is 11.5. The van der Waals surface area contributed by atoms with Gasteiger partial charge in [0.15, 0.2) is 0 Å². The molecule has 4 heteroatoms. The summed E-state index contributed by atoms with van der Waals surface area (Å²) < 4.78 is 5.52. The fourth-order valence-electron chi connectivity index (χ4n) is 4.34. The summed E-state index contributed by atoms with van der Waals surface area (Å²) in [5.74, 6) is 0.773. The van der Waals surface area contributed by atoms with Gasteiger partial charge in [-0.15, -0.1) is 0 Å². The lowest BCUT2D eigenvalue weighted by atomic mass is 9.96. The van der Waals surface area contributed by atoms with Crippen LogP contribution in [0.5, 0.6) is 5.75 Å². The van der Waals surface area contributed by atoms with Crippen LogP contribution in [0.25, 0.3) is 0 Å². The number of hydrogen-bond donors (Lipinski definition) is 1. The minimum Gasteiger partial charge on any atom is -0.497 e. The summed E-state index contributed by atoms with van der Waals surface area (Å²) in [6.45, 7) is 4.55. The molecule has 0 radical (unpaired) electrons. The molecular weight excluding hydrogens is 432 g/mol. The molecule has 4 nitrogen and oxygen atoms in total. The van der Waals surface area contributed by atoms with Gasteiger partial charge in [-0.3, -0.25) is 0 Å². The van der Waals surface area contributed by atoms with Crippen molar-refractivity contribution in [3.05, 3.63) is 131 Å². The smallest absolute Gasteiger partial charge is 0.322 e. The van der Waals surface area contributed by atoms with E-state index in [4.69, 9.17) is 4.74 Å². The quantitative estimate of drug-likeness (QED) is 0.297. The molecule has 178 valence electrons. The second kappa shape index (κ2) is 11.4. The molecule has 2 amide bonds. The third-order valence-electron chi connectivity index (χ3n) is 6.21. The highest BCUT2D eigenvalue weighted by molar-refractivity contribution is 5.90. The van der Waals surface area contributed by atoms with Gasteiger partial charge in [0.05, 0.1) is 13.2 Å². The van der Waals surface area contributed by atoms with Crippen LogP contribution in [0, 0.1) is 13.8 Å². The SMILES string of the molecule is COc1cccc(C(Cc2ccccc2)N(Cc2ccccc2)C(=O)Nc2ccc(C)cc2C)c1. The predicted molar refractivity (Wildman–Crippen MR) is 143 cm³/mol. The van der Waals surface area contributed by atoms with Crippen LogP contribution in [0.4, 0.5) is 10.5 Å². The number of methoxy groups -OCH3 is 1. The van der Waals surface area contributed by atoms with Crippen molar-refractivity contribution in [3.63, 3.8) is 0 Å². The molecule has 0 aliphatic heterocycles. The molecule has 0 fully saturated rings. The Kier molecular flexibility index (Phi) is 7.84. The molecule has 35 heavy (non-hydrogen) atoms. The number of carbonyl (C=O) groups excluding carboxylic acids is 1. The van der Waals surface area contributed by atoms with E-state index in [0.29, 0.717) is 13.0 Å². The molecule has 0 bridgehead atoms. The lowest BCUT2D eigenvalue weighted by molar-refractivity contribution is 0.183. The number of urea groups is 1. The third-order valence-corrected chi connectivity index (χ3v) is 6.21. The van der Waals surface area contributed by atoms with Crippen molar-refractivity contribution in [2.45, 2.75) is 32.9 Å². The van der Waals surface area contributed by atoms with Gasteiger partial charge in [-0.2, -0.15) is 0 Å². The van der Waals surface area contributed by atoms with E-state index in [1.807, 2.05) is 78.6 Å². The first-order valence-electron chi connectivity index (χ1n) is 11.9. The Morgan fingerprint density at radius 1 is 0.829 bits per heavy atom. The maximum Gasteiger partial charge on any atom is 0.322 e. The topological polar surface area (TPSA) is 41.6 Å². The van der Waals surface area contributed by atoms with Crippen LogP contribution in [0.3, 0.4) is 0 Å². The lowest BCUT2D eigenvalue weighted by Crippen LogP contribution is -2.39. The van der Waals surface area contributed by atoms with Crippen LogP contribution in [-0.2, 0) is 13.0 Å². The van der Waals surface area contributed by atoms with Crippen molar-refractivity contribution in [1.29, 1.82) is 0 Å². The molecule has 4 aromatic rings. The summed E-state index contributed by atoms with van der Waals surface area (Å²) >= 11 is 0. The number of anilines is 1. The molecular formula is C31H32N2O2. The Bertz CT molecular complexity index is 1260. The number of nitrogens with zero attached hydrogens (tertiary/aromatic N) is 1. The molecule has 0 heterocycles.